The number of hydrogen-bond donors (Lipinski definition) is 2. The lowest BCUT2D eigenvalue weighted by molar-refractivity contribution is -0.132. The molecule has 0 saturated heterocycles. The van der Waals surface area contributed by atoms with Crippen molar-refractivity contribution >= 4 is 86.7 Å². The summed E-state index contributed by atoms with van der Waals surface area (Å²) in [5.74, 6) is -1.56. The van der Waals surface area contributed by atoms with Gasteiger partial charge in [0.25, 0.3) is 0 Å². The molecule has 0 unspecified atom stereocenters. The lowest BCUT2D eigenvalue weighted by Crippen LogP contribution is -2.28. The van der Waals surface area contributed by atoms with Gasteiger partial charge in [-0.3, -0.25) is 20.2 Å². The highest BCUT2D eigenvalue weighted by Gasteiger charge is 2.19. The standard InChI is InChI=1S/C24H14N4O2S2/c29-21(27-23-25-19-15-7-3-1-5-13(15)9-11-17(19)31-23)22(30)28-24-26-20-16-8-4-2-6-14(16)10-12-18(20)32-24/h1-12H,(H,25,27,29)(H,26,28,30). The van der Waals surface area contributed by atoms with Gasteiger partial charge in [-0.15, -0.1) is 0 Å². The molecule has 0 atom stereocenters. The fourth-order valence-corrected chi connectivity index (χ4v) is 5.49. The summed E-state index contributed by atoms with van der Waals surface area (Å²) in [6.07, 6.45) is 0. The van der Waals surface area contributed by atoms with Crippen molar-refractivity contribution in [1.29, 1.82) is 0 Å². The largest absolute Gasteiger partial charge is 0.315 e. The van der Waals surface area contributed by atoms with Crippen LogP contribution in [0.3, 0.4) is 0 Å². The molecule has 6 rings (SSSR count). The minimum absolute atomic E-state index is 0.381. The third-order valence-corrected chi connectivity index (χ3v) is 7.09. The molecule has 4 aromatic carbocycles. The lowest BCUT2D eigenvalue weighted by Gasteiger charge is -2.01. The molecule has 2 amide bonds. The summed E-state index contributed by atoms with van der Waals surface area (Å²) in [6.45, 7) is 0. The number of aromatic nitrogens is 2. The Hall–Kier alpha value is -3.88. The topological polar surface area (TPSA) is 84.0 Å². The summed E-state index contributed by atoms with van der Waals surface area (Å²) in [4.78, 5) is 34.1. The van der Waals surface area contributed by atoms with Crippen LogP contribution in [0.15, 0.2) is 72.8 Å². The van der Waals surface area contributed by atoms with Crippen LogP contribution in [-0.4, -0.2) is 21.8 Å². The van der Waals surface area contributed by atoms with E-state index in [2.05, 4.69) is 20.6 Å². The number of thiazole rings is 2. The van der Waals surface area contributed by atoms with Crippen molar-refractivity contribution in [2.24, 2.45) is 0 Å². The first kappa shape index (κ1) is 18.9. The summed E-state index contributed by atoms with van der Waals surface area (Å²) >= 11 is 2.67. The first-order chi connectivity index (χ1) is 15.7. The molecule has 8 heteroatoms. The first-order valence-electron chi connectivity index (χ1n) is 9.85. The normalized spacial score (nSPS) is 11.4. The Morgan fingerprint density at radius 1 is 0.594 bits per heavy atom. The predicted molar refractivity (Wildman–Crippen MR) is 132 cm³/mol. The lowest BCUT2D eigenvalue weighted by atomic mass is 10.1. The molecule has 2 N–H and O–H groups in total. The van der Waals surface area contributed by atoms with E-state index in [0.29, 0.717) is 10.3 Å². The van der Waals surface area contributed by atoms with Crippen molar-refractivity contribution in [3.05, 3.63) is 72.8 Å². The van der Waals surface area contributed by atoms with Crippen LogP contribution in [0.4, 0.5) is 10.3 Å². The van der Waals surface area contributed by atoms with E-state index in [1.165, 1.54) is 22.7 Å². The number of carbonyl (C=O) groups excluding carboxylic acids is 2. The van der Waals surface area contributed by atoms with Crippen molar-refractivity contribution in [1.82, 2.24) is 9.97 Å². The van der Waals surface area contributed by atoms with E-state index in [1.54, 1.807) is 0 Å². The quantitative estimate of drug-likeness (QED) is 0.324. The van der Waals surface area contributed by atoms with Crippen molar-refractivity contribution < 1.29 is 9.59 Å². The van der Waals surface area contributed by atoms with Crippen molar-refractivity contribution in [3.63, 3.8) is 0 Å². The van der Waals surface area contributed by atoms with Crippen molar-refractivity contribution in [2.45, 2.75) is 0 Å². The van der Waals surface area contributed by atoms with Gasteiger partial charge in [0.1, 0.15) is 0 Å². The van der Waals surface area contributed by atoms with Gasteiger partial charge in [0.05, 0.1) is 20.4 Å². The van der Waals surface area contributed by atoms with E-state index in [0.717, 1.165) is 42.0 Å². The summed E-state index contributed by atoms with van der Waals surface area (Å²) in [5, 5.41) is 10.1. The van der Waals surface area contributed by atoms with E-state index < -0.39 is 11.8 Å². The van der Waals surface area contributed by atoms with Gasteiger partial charge in [0.15, 0.2) is 10.3 Å². The Morgan fingerprint density at radius 2 is 1.03 bits per heavy atom. The highest BCUT2D eigenvalue weighted by Crippen LogP contribution is 2.33. The summed E-state index contributed by atoms with van der Waals surface area (Å²) in [6, 6.07) is 23.8. The predicted octanol–water partition coefficient (Wildman–Crippen LogP) is 5.79. The molecule has 6 nitrogen and oxygen atoms in total. The monoisotopic (exact) mass is 454 g/mol. The smallest absolute Gasteiger partial charge is 0.294 e. The minimum atomic E-state index is -0.780. The number of anilines is 2. The van der Waals surface area contributed by atoms with Crippen LogP contribution in [0.1, 0.15) is 0 Å². The van der Waals surface area contributed by atoms with Gasteiger partial charge in [-0.25, -0.2) is 9.97 Å². The number of nitrogens with one attached hydrogen (secondary N) is 2. The molecule has 154 valence electrons. The van der Waals surface area contributed by atoms with Gasteiger partial charge < -0.3 is 0 Å². The zero-order chi connectivity index (χ0) is 21.7. The number of fused-ring (bicyclic) bond motifs is 6. The molecule has 32 heavy (non-hydrogen) atoms. The van der Waals surface area contributed by atoms with E-state index in [1.807, 2.05) is 72.8 Å². The Kier molecular flexibility index (Phi) is 4.34. The van der Waals surface area contributed by atoms with Gasteiger partial charge in [-0.2, -0.15) is 0 Å². The van der Waals surface area contributed by atoms with E-state index in [4.69, 9.17) is 0 Å². The SMILES string of the molecule is O=C(Nc1nc2c(ccc3ccccc32)s1)C(=O)Nc1nc2c(ccc3ccccc32)s1. The highest BCUT2D eigenvalue weighted by molar-refractivity contribution is 7.23. The molecular weight excluding hydrogens is 440 g/mol. The zero-order valence-electron chi connectivity index (χ0n) is 16.5. The highest BCUT2D eigenvalue weighted by atomic mass is 32.1. The number of amides is 2. The van der Waals surface area contributed by atoms with Gasteiger partial charge in [-0.1, -0.05) is 83.3 Å². The maximum atomic E-state index is 12.5. The molecule has 0 bridgehead atoms. The second-order valence-corrected chi connectivity index (χ2v) is 9.27. The van der Waals surface area contributed by atoms with E-state index >= 15 is 0 Å². The Bertz CT molecular complexity index is 1560. The Balaban J connectivity index is 1.25. The summed E-state index contributed by atoms with van der Waals surface area (Å²) in [7, 11) is 0. The van der Waals surface area contributed by atoms with Crippen LogP contribution in [0.25, 0.3) is 42.0 Å². The number of benzene rings is 4. The van der Waals surface area contributed by atoms with E-state index in [9.17, 15) is 9.59 Å². The molecule has 2 aromatic heterocycles. The summed E-state index contributed by atoms with van der Waals surface area (Å²) < 4.78 is 1.88. The Labute approximate surface area is 189 Å². The molecule has 2 heterocycles. The molecule has 0 saturated carbocycles. The van der Waals surface area contributed by atoms with Gasteiger partial charge in [-0.05, 0) is 22.9 Å². The minimum Gasteiger partial charge on any atom is -0.294 e. The van der Waals surface area contributed by atoms with Gasteiger partial charge in [0, 0.05) is 10.8 Å². The van der Waals surface area contributed by atoms with Crippen LogP contribution < -0.4 is 10.6 Å². The average molecular weight is 455 g/mol. The van der Waals surface area contributed by atoms with Gasteiger partial charge >= 0.3 is 11.8 Å². The van der Waals surface area contributed by atoms with Crippen molar-refractivity contribution in [3.8, 4) is 0 Å². The fraction of sp³-hybridized carbons (Fsp3) is 0. The molecule has 0 aliphatic carbocycles. The van der Waals surface area contributed by atoms with Gasteiger partial charge in [0.2, 0.25) is 0 Å². The maximum Gasteiger partial charge on any atom is 0.315 e. The fourth-order valence-electron chi connectivity index (χ4n) is 3.74. The number of rotatable bonds is 2. The van der Waals surface area contributed by atoms with Crippen LogP contribution in [-0.2, 0) is 9.59 Å². The van der Waals surface area contributed by atoms with Crippen LogP contribution in [0.5, 0.6) is 0 Å². The molecule has 0 fully saturated rings. The third-order valence-electron chi connectivity index (χ3n) is 5.21. The first-order valence-corrected chi connectivity index (χ1v) is 11.5. The zero-order valence-corrected chi connectivity index (χ0v) is 18.1. The Morgan fingerprint density at radius 3 is 1.50 bits per heavy atom. The van der Waals surface area contributed by atoms with E-state index in [-0.39, 0.29) is 0 Å². The second kappa shape index (κ2) is 7.37. The average Bonchev–Trinajstić information content (AvgIpc) is 3.42. The molecule has 0 aliphatic rings. The number of carbonyl (C=O) groups is 2. The molecule has 0 aliphatic heterocycles. The summed E-state index contributed by atoms with van der Waals surface area (Å²) in [5.41, 5.74) is 1.61. The molecule has 0 spiro atoms. The van der Waals surface area contributed by atoms with Crippen LogP contribution in [0, 0.1) is 0 Å². The number of hydrogen-bond acceptors (Lipinski definition) is 6. The van der Waals surface area contributed by atoms with Crippen molar-refractivity contribution in [2.75, 3.05) is 10.6 Å². The van der Waals surface area contributed by atoms with Crippen LogP contribution in [0.2, 0.25) is 0 Å². The van der Waals surface area contributed by atoms with Crippen LogP contribution >= 0.6 is 22.7 Å². The third kappa shape index (κ3) is 3.17. The number of nitrogens with zero attached hydrogens (tertiary/aromatic N) is 2. The second-order valence-electron chi connectivity index (χ2n) is 7.21. The molecule has 6 aromatic rings. The maximum absolute atomic E-state index is 12.5. The molecular formula is C24H14N4O2S2. The molecule has 0 radical (unpaired) electrons.